The highest BCUT2D eigenvalue weighted by Crippen LogP contribution is 2.36. The third kappa shape index (κ3) is 3.91. The van der Waals surface area contributed by atoms with Crippen LogP contribution in [0.2, 0.25) is 0 Å². The smallest absolute Gasteiger partial charge is 0.257 e. The number of rotatable bonds is 8. The van der Waals surface area contributed by atoms with Crippen molar-refractivity contribution in [1.29, 1.82) is 0 Å². The minimum Gasteiger partial charge on any atom is -0.493 e. The minimum atomic E-state index is -0.185. The molecule has 1 amide bonds. The maximum atomic E-state index is 12.0. The van der Waals surface area contributed by atoms with Crippen LogP contribution >= 0.6 is 0 Å². The Kier molecular flexibility index (Phi) is 5.63. The first-order valence-electron chi connectivity index (χ1n) is 8.38. The van der Waals surface area contributed by atoms with Crippen LogP contribution in [0.4, 0.5) is 0 Å². The van der Waals surface area contributed by atoms with Crippen molar-refractivity contribution in [3.8, 4) is 17.2 Å². The number of ether oxygens (including phenoxy) is 3. The summed E-state index contributed by atoms with van der Waals surface area (Å²) in [7, 11) is 3.09. The molecule has 6 heteroatoms. The van der Waals surface area contributed by atoms with Gasteiger partial charge in [-0.1, -0.05) is 24.3 Å². The quantitative estimate of drug-likeness (QED) is 0.652. The molecule has 0 spiro atoms. The van der Waals surface area contributed by atoms with Gasteiger partial charge in [0.2, 0.25) is 5.75 Å². The molecular formula is C20H22N2O4. The Bertz CT molecular complexity index is 888. The summed E-state index contributed by atoms with van der Waals surface area (Å²) in [6, 6.07) is 13.4. The van der Waals surface area contributed by atoms with E-state index < -0.39 is 0 Å². The Morgan fingerprint density at radius 2 is 1.85 bits per heavy atom. The molecule has 0 atom stereocenters. The molecule has 0 unspecified atom stereocenters. The predicted octanol–water partition coefficient (Wildman–Crippen LogP) is 2.92. The predicted molar refractivity (Wildman–Crippen MR) is 100 cm³/mol. The SMILES string of the molecule is COc1cccc(OCC(=O)NCCc2c[nH]c3ccccc23)c1OC. The lowest BCUT2D eigenvalue weighted by Gasteiger charge is -2.13. The lowest BCUT2D eigenvalue weighted by molar-refractivity contribution is -0.123. The summed E-state index contributed by atoms with van der Waals surface area (Å²) in [6.07, 6.45) is 2.73. The second-order valence-corrected chi connectivity index (χ2v) is 5.74. The van der Waals surface area contributed by atoms with Crippen LogP contribution in [-0.2, 0) is 11.2 Å². The molecule has 0 aliphatic heterocycles. The molecule has 26 heavy (non-hydrogen) atoms. The fourth-order valence-electron chi connectivity index (χ4n) is 2.84. The number of para-hydroxylation sites is 2. The molecule has 2 aromatic carbocycles. The lowest BCUT2D eigenvalue weighted by Crippen LogP contribution is -2.30. The Morgan fingerprint density at radius 1 is 1.04 bits per heavy atom. The summed E-state index contributed by atoms with van der Waals surface area (Å²) in [5, 5.41) is 4.05. The van der Waals surface area contributed by atoms with Crippen LogP contribution in [0.3, 0.4) is 0 Å². The van der Waals surface area contributed by atoms with Gasteiger partial charge in [0, 0.05) is 23.6 Å². The average molecular weight is 354 g/mol. The van der Waals surface area contributed by atoms with Crippen molar-refractivity contribution in [3.05, 3.63) is 54.2 Å². The molecule has 136 valence electrons. The van der Waals surface area contributed by atoms with Gasteiger partial charge in [0.25, 0.3) is 5.91 Å². The molecule has 6 nitrogen and oxygen atoms in total. The van der Waals surface area contributed by atoms with Gasteiger partial charge in [-0.15, -0.1) is 0 Å². The Morgan fingerprint density at radius 3 is 2.65 bits per heavy atom. The number of benzene rings is 2. The highest BCUT2D eigenvalue weighted by Gasteiger charge is 2.12. The number of aromatic amines is 1. The van der Waals surface area contributed by atoms with Gasteiger partial charge in [0.15, 0.2) is 18.1 Å². The van der Waals surface area contributed by atoms with E-state index in [1.54, 1.807) is 25.3 Å². The average Bonchev–Trinajstić information content (AvgIpc) is 3.09. The van der Waals surface area contributed by atoms with Gasteiger partial charge in [0.1, 0.15) is 0 Å². The van der Waals surface area contributed by atoms with Gasteiger partial charge >= 0.3 is 0 Å². The van der Waals surface area contributed by atoms with E-state index in [0.29, 0.717) is 23.8 Å². The second-order valence-electron chi connectivity index (χ2n) is 5.74. The van der Waals surface area contributed by atoms with E-state index in [1.165, 1.54) is 18.1 Å². The molecule has 3 rings (SSSR count). The molecule has 0 radical (unpaired) electrons. The van der Waals surface area contributed by atoms with Gasteiger partial charge in [-0.25, -0.2) is 0 Å². The summed E-state index contributed by atoms with van der Waals surface area (Å²) in [6.45, 7) is 0.455. The zero-order valence-corrected chi connectivity index (χ0v) is 14.9. The van der Waals surface area contributed by atoms with Crippen LogP contribution in [0, 0.1) is 0 Å². The monoisotopic (exact) mass is 354 g/mol. The molecule has 0 saturated carbocycles. The maximum Gasteiger partial charge on any atom is 0.257 e. The van der Waals surface area contributed by atoms with Gasteiger partial charge < -0.3 is 24.5 Å². The van der Waals surface area contributed by atoms with E-state index in [-0.39, 0.29) is 12.5 Å². The molecule has 0 aliphatic carbocycles. The third-order valence-corrected chi connectivity index (χ3v) is 4.12. The fraction of sp³-hybridized carbons (Fsp3) is 0.250. The number of methoxy groups -OCH3 is 2. The van der Waals surface area contributed by atoms with Crippen molar-refractivity contribution < 1.29 is 19.0 Å². The van der Waals surface area contributed by atoms with Gasteiger partial charge in [-0.3, -0.25) is 4.79 Å². The summed E-state index contributed by atoms with van der Waals surface area (Å²) < 4.78 is 16.1. The molecule has 1 aromatic heterocycles. The summed E-state index contributed by atoms with van der Waals surface area (Å²) in [5.41, 5.74) is 2.28. The number of fused-ring (bicyclic) bond motifs is 1. The molecule has 3 aromatic rings. The van der Waals surface area contributed by atoms with E-state index in [0.717, 1.165) is 11.9 Å². The topological polar surface area (TPSA) is 72.6 Å². The van der Waals surface area contributed by atoms with Crippen molar-refractivity contribution in [3.63, 3.8) is 0 Å². The van der Waals surface area contributed by atoms with E-state index >= 15 is 0 Å². The number of hydrogen-bond donors (Lipinski definition) is 2. The van der Waals surface area contributed by atoms with Crippen molar-refractivity contribution in [2.75, 3.05) is 27.4 Å². The van der Waals surface area contributed by atoms with Gasteiger partial charge in [0.05, 0.1) is 14.2 Å². The second kappa shape index (κ2) is 8.29. The standard InChI is InChI=1S/C20H22N2O4/c1-24-17-8-5-9-18(20(17)25-2)26-13-19(23)21-11-10-14-12-22-16-7-4-3-6-15(14)16/h3-9,12,22H,10-11,13H2,1-2H3,(H,21,23). The fourth-order valence-corrected chi connectivity index (χ4v) is 2.84. The minimum absolute atomic E-state index is 0.0859. The molecule has 2 N–H and O–H groups in total. The molecule has 1 heterocycles. The van der Waals surface area contributed by atoms with Crippen molar-refractivity contribution >= 4 is 16.8 Å². The van der Waals surface area contributed by atoms with E-state index in [2.05, 4.69) is 16.4 Å². The van der Waals surface area contributed by atoms with Crippen LogP contribution in [0.25, 0.3) is 10.9 Å². The largest absolute Gasteiger partial charge is 0.493 e. The number of nitrogens with one attached hydrogen (secondary N) is 2. The van der Waals surface area contributed by atoms with Gasteiger partial charge in [-0.2, -0.15) is 0 Å². The molecule has 0 fully saturated rings. The van der Waals surface area contributed by atoms with Gasteiger partial charge in [-0.05, 0) is 30.2 Å². The van der Waals surface area contributed by atoms with Crippen molar-refractivity contribution in [2.24, 2.45) is 0 Å². The van der Waals surface area contributed by atoms with E-state index in [1.807, 2.05) is 24.4 Å². The number of aromatic nitrogens is 1. The van der Waals surface area contributed by atoms with Crippen LogP contribution in [0.15, 0.2) is 48.7 Å². The number of amides is 1. The first-order chi connectivity index (χ1) is 12.7. The first kappa shape index (κ1) is 17.7. The summed E-state index contributed by atoms with van der Waals surface area (Å²) >= 11 is 0. The molecule has 0 bridgehead atoms. The molecule has 0 saturated heterocycles. The Hall–Kier alpha value is -3.15. The number of H-pyrrole nitrogens is 1. The number of carbonyl (C=O) groups is 1. The first-order valence-corrected chi connectivity index (χ1v) is 8.38. The zero-order valence-electron chi connectivity index (χ0n) is 14.9. The van der Waals surface area contributed by atoms with Crippen molar-refractivity contribution in [1.82, 2.24) is 10.3 Å². The zero-order chi connectivity index (χ0) is 18.4. The van der Waals surface area contributed by atoms with Crippen molar-refractivity contribution in [2.45, 2.75) is 6.42 Å². The van der Waals surface area contributed by atoms with E-state index in [9.17, 15) is 4.79 Å². The highest BCUT2D eigenvalue weighted by molar-refractivity contribution is 5.83. The number of carbonyl (C=O) groups excluding carboxylic acids is 1. The summed E-state index contributed by atoms with van der Waals surface area (Å²) in [5.74, 6) is 1.32. The van der Waals surface area contributed by atoms with Crippen LogP contribution in [0.5, 0.6) is 17.2 Å². The molecule has 0 aliphatic rings. The highest BCUT2D eigenvalue weighted by atomic mass is 16.5. The van der Waals surface area contributed by atoms with E-state index in [4.69, 9.17) is 14.2 Å². The summed E-state index contributed by atoms with van der Waals surface area (Å²) in [4.78, 5) is 15.3. The maximum absolute atomic E-state index is 12.0. The molecular weight excluding hydrogens is 332 g/mol. The third-order valence-electron chi connectivity index (χ3n) is 4.12. The Balaban J connectivity index is 1.51. The lowest BCUT2D eigenvalue weighted by atomic mass is 10.1. The normalized spacial score (nSPS) is 10.5. The number of hydrogen-bond acceptors (Lipinski definition) is 4. The van der Waals surface area contributed by atoms with Crippen LogP contribution < -0.4 is 19.5 Å². The Labute approximate surface area is 152 Å². The van der Waals surface area contributed by atoms with Crippen LogP contribution in [-0.4, -0.2) is 38.3 Å². The van der Waals surface area contributed by atoms with Crippen LogP contribution in [0.1, 0.15) is 5.56 Å².